The molecule has 1 amide bonds. The standard InChI is InChI=1S/C25H34N8O2/c1-17-14-18(2)30-24(29-17)32-12-8-25(9-13-32)7-5-11-33(23(25)34)16-20(31-27-3)22(26)19-6-10-28-21(15-19)35-4/h6,10,14-15,20,26H,5,7-9,11-13,16H2,1-4H3. The Morgan fingerprint density at radius 2 is 1.89 bits per heavy atom. The van der Waals surface area contributed by atoms with Crippen LogP contribution in [0, 0.1) is 24.7 Å². The first-order valence-electron chi connectivity index (χ1n) is 12.1. The van der Waals surface area contributed by atoms with Crippen LogP contribution in [0.3, 0.4) is 0 Å². The van der Waals surface area contributed by atoms with Crippen LogP contribution in [0.15, 0.2) is 34.6 Å². The van der Waals surface area contributed by atoms with Gasteiger partial charge in [-0.2, -0.15) is 10.2 Å². The van der Waals surface area contributed by atoms with E-state index >= 15 is 0 Å². The molecule has 1 N–H and O–H groups in total. The maximum atomic E-state index is 13.8. The van der Waals surface area contributed by atoms with E-state index in [1.807, 2.05) is 24.8 Å². The van der Waals surface area contributed by atoms with Crippen molar-refractivity contribution in [2.24, 2.45) is 15.6 Å². The number of pyridine rings is 1. The number of amides is 1. The SMILES string of the molecule is CN=NC(CN1CCCC2(CCN(c3nc(C)cc(C)n3)CC2)C1=O)C(=N)c1ccnc(OC)c1. The van der Waals surface area contributed by atoms with Gasteiger partial charge in [-0.15, -0.1) is 0 Å². The number of aryl methyl sites for hydroxylation is 2. The van der Waals surface area contributed by atoms with E-state index in [4.69, 9.17) is 10.1 Å². The number of hydrogen-bond donors (Lipinski definition) is 1. The third-order valence-corrected chi connectivity index (χ3v) is 7.03. The van der Waals surface area contributed by atoms with Crippen LogP contribution in [0.1, 0.15) is 42.6 Å². The lowest BCUT2D eigenvalue weighted by atomic mass is 9.71. The zero-order valence-corrected chi connectivity index (χ0v) is 21.0. The molecular formula is C25H34N8O2. The van der Waals surface area contributed by atoms with Gasteiger partial charge in [-0.1, -0.05) is 0 Å². The lowest BCUT2D eigenvalue weighted by molar-refractivity contribution is -0.148. The fraction of sp³-hybridized carbons (Fsp3) is 0.560. The number of nitrogens with zero attached hydrogens (tertiary/aromatic N) is 7. The van der Waals surface area contributed by atoms with E-state index in [2.05, 4.69) is 30.1 Å². The van der Waals surface area contributed by atoms with Gasteiger partial charge in [0.1, 0.15) is 6.04 Å². The molecule has 2 aliphatic rings. The topological polar surface area (TPSA) is 120 Å². The van der Waals surface area contributed by atoms with E-state index in [0.29, 0.717) is 30.2 Å². The van der Waals surface area contributed by atoms with Crippen molar-refractivity contribution >= 4 is 17.6 Å². The van der Waals surface area contributed by atoms with E-state index in [9.17, 15) is 4.79 Å². The van der Waals surface area contributed by atoms with E-state index in [-0.39, 0.29) is 11.3 Å². The molecule has 1 atom stereocenters. The second-order valence-corrected chi connectivity index (χ2v) is 9.40. The van der Waals surface area contributed by atoms with Gasteiger partial charge in [0.05, 0.1) is 24.8 Å². The van der Waals surface area contributed by atoms with Gasteiger partial charge < -0.3 is 19.9 Å². The number of azo groups is 1. The van der Waals surface area contributed by atoms with Crippen molar-refractivity contribution in [2.75, 3.05) is 45.2 Å². The van der Waals surface area contributed by atoms with Crippen molar-refractivity contribution < 1.29 is 9.53 Å². The van der Waals surface area contributed by atoms with Crippen LogP contribution in [0.2, 0.25) is 0 Å². The number of nitrogens with one attached hydrogen (secondary N) is 1. The molecule has 10 nitrogen and oxygen atoms in total. The first-order valence-corrected chi connectivity index (χ1v) is 12.1. The van der Waals surface area contributed by atoms with Gasteiger partial charge in [0.15, 0.2) is 0 Å². The Morgan fingerprint density at radius 3 is 2.54 bits per heavy atom. The molecule has 0 aliphatic carbocycles. The molecule has 1 spiro atoms. The molecule has 2 aromatic heterocycles. The van der Waals surface area contributed by atoms with Crippen molar-refractivity contribution in [3.63, 3.8) is 0 Å². The van der Waals surface area contributed by atoms with Gasteiger partial charge in [-0.05, 0) is 51.7 Å². The van der Waals surface area contributed by atoms with Crippen molar-refractivity contribution in [1.82, 2.24) is 19.9 Å². The quantitative estimate of drug-likeness (QED) is 0.482. The molecule has 35 heavy (non-hydrogen) atoms. The number of likely N-dealkylation sites (tertiary alicyclic amines) is 1. The lowest BCUT2D eigenvalue weighted by Crippen LogP contribution is -2.55. The van der Waals surface area contributed by atoms with Crippen molar-refractivity contribution in [3.8, 4) is 5.88 Å². The maximum Gasteiger partial charge on any atom is 0.229 e. The predicted octanol–water partition coefficient (Wildman–Crippen LogP) is 3.22. The molecule has 1 unspecified atom stereocenters. The fourth-order valence-electron chi connectivity index (χ4n) is 5.19. The van der Waals surface area contributed by atoms with Crippen molar-refractivity contribution in [1.29, 1.82) is 5.41 Å². The Hall–Kier alpha value is -3.43. The highest BCUT2D eigenvalue weighted by atomic mass is 16.5. The zero-order chi connectivity index (χ0) is 25.0. The second kappa shape index (κ2) is 10.5. The van der Waals surface area contributed by atoms with E-state index in [0.717, 1.165) is 56.1 Å². The number of aromatic nitrogens is 3. The van der Waals surface area contributed by atoms with Gasteiger partial charge in [0.25, 0.3) is 0 Å². The van der Waals surface area contributed by atoms with Crippen LogP contribution >= 0.6 is 0 Å². The first-order chi connectivity index (χ1) is 16.8. The normalized spacial score (nSPS) is 18.8. The molecule has 0 aromatic carbocycles. The summed E-state index contributed by atoms with van der Waals surface area (Å²) in [6.07, 6.45) is 4.99. The Kier molecular flexibility index (Phi) is 7.37. The highest BCUT2D eigenvalue weighted by Gasteiger charge is 2.46. The summed E-state index contributed by atoms with van der Waals surface area (Å²) < 4.78 is 5.20. The molecule has 2 aromatic rings. The van der Waals surface area contributed by atoms with Crippen LogP contribution in [-0.4, -0.2) is 77.8 Å². The number of hydrogen-bond acceptors (Lipinski definition) is 9. The third kappa shape index (κ3) is 5.31. The summed E-state index contributed by atoms with van der Waals surface area (Å²) in [6.45, 7) is 6.49. The summed E-state index contributed by atoms with van der Waals surface area (Å²) >= 11 is 0. The Balaban J connectivity index is 1.46. The van der Waals surface area contributed by atoms with Gasteiger partial charge >= 0.3 is 0 Å². The van der Waals surface area contributed by atoms with Crippen LogP contribution < -0.4 is 9.64 Å². The highest BCUT2D eigenvalue weighted by Crippen LogP contribution is 2.41. The Bertz CT molecular complexity index is 1090. The predicted molar refractivity (Wildman–Crippen MR) is 133 cm³/mol. The Morgan fingerprint density at radius 1 is 1.17 bits per heavy atom. The number of piperidine rings is 2. The number of rotatable bonds is 7. The molecule has 186 valence electrons. The fourth-order valence-corrected chi connectivity index (χ4v) is 5.19. The molecule has 2 aliphatic heterocycles. The molecule has 2 fully saturated rings. The molecule has 2 saturated heterocycles. The maximum absolute atomic E-state index is 13.8. The minimum absolute atomic E-state index is 0.168. The van der Waals surface area contributed by atoms with Crippen LogP contribution in [-0.2, 0) is 4.79 Å². The van der Waals surface area contributed by atoms with E-state index in [1.54, 1.807) is 32.5 Å². The molecule has 10 heteroatoms. The average molecular weight is 479 g/mol. The minimum Gasteiger partial charge on any atom is -0.481 e. The van der Waals surface area contributed by atoms with Crippen molar-refractivity contribution in [3.05, 3.63) is 41.3 Å². The summed E-state index contributed by atoms with van der Waals surface area (Å²) in [6, 6.07) is 4.90. The number of ether oxygens (including phenoxy) is 1. The average Bonchev–Trinajstić information content (AvgIpc) is 2.86. The highest BCUT2D eigenvalue weighted by molar-refractivity contribution is 6.02. The van der Waals surface area contributed by atoms with E-state index < -0.39 is 6.04 Å². The van der Waals surface area contributed by atoms with Gasteiger partial charge in [-0.25, -0.2) is 15.0 Å². The molecule has 4 heterocycles. The monoisotopic (exact) mass is 478 g/mol. The van der Waals surface area contributed by atoms with Gasteiger partial charge in [-0.3, -0.25) is 4.79 Å². The minimum atomic E-state index is -0.546. The largest absolute Gasteiger partial charge is 0.481 e. The first kappa shape index (κ1) is 24.7. The summed E-state index contributed by atoms with van der Waals surface area (Å²) in [5.74, 6) is 1.36. The summed E-state index contributed by atoms with van der Waals surface area (Å²) in [7, 11) is 3.14. The van der Waals surface area contributed by atoms with Crippen molar-refractivity contribution in [2.45, 2.75) is 45.6 Å². The zero-order valence-electron chi connectivity index (χ0n) is 21.0. The van der Waals surface area contributed by atoms with Crippen LogP contribution in [0.4, 0.5) is 5.95 Å². The smallest absolute Gasteiger partial charge is 0.229 e. The summed E-state index contributed by atoms with van der Waals surface area (Å²) in [5, 5.41) is 17.0. The number of carbonyl (C=O) groups excluding carboxylic acids is 1. The van der Waals surface area contributed by atoms with Crippen LogP contribution in [0.5, 0.6) is 5.88 Å². The van der Waals surface area contributed by atoms with E-state index in [1.165, 1.54) is 0 Å². The Labute approximate surface area is 206 Å². The summed E-state index contributed by atoms with van der Waals surface area (Å²) in [4.78, 5) is 31.2. The summed E-state index contributed by atoms with van der Waals surface area (Å²) in [5.41, 5.74) is 2.50. The molecular weight excluding hydrogens is 444 g/mol. The van der Waals surface area contributed by atoms with Gasteiger partial charge in [0, 0.05) is 55.9 Å². The second-order valence-electron chi connectivity index (χ2n) is 9.40. The third-order valence-electron chi connectivity index (χ3n) is 7.03. The number of anilines is 1. The molecule has 4 rings (SSSR count). The van der Waals surface area contributed by atoms with Gasteiger partial charge in [0.2, 0.25) is 17.7 Å². The molecule has 0 radical (unpaired) electrons. The molecule has 0 bridgehead atoms. The lowest BCUT2D eigenvalue weighted by Gasteiger charge is -2.46. The molecule has 0 saturated carbocycles. The number of methoxy groups -OCH3 is 1. The number of carbonyl (C=O) groups is 1. The van der Waals surface area contributed by atoms with Crippen LogP contribution in [0.25, 0.3) is 0 Å².